The van der Waals surface area contributed by atoms with E-state index in [1.165, 1.54) is 64.4 Å². The maximum absolute atomic E-state index is 13.0. The van der Waals surface area contributed by atoms with Crippen molar-refractivity contribution in [2.45, 2.75) is 76.3 Å². The number of carbonyl (C=O) groups excluding carboxylic acids is 1. The Morgan fingerprint density at radius 3 is 2.08 bits per heavy atom. The molecule has 4 saturated carbocycles. The van der Waals surface area contributed by atoms with Crippen molar-refractivity contribution in [3.63, 3.8) is 0 Å². The molecule has 0 atom stereocenters. The number of fused-ring (bicyclic) bond motifs is 1. The molecule has 2 amide bonds. The molecule has 5 fully saturated rings. The van der Waals surface area contributed by atoms with Gasteiger partial charge in [-0.15, -0.1) is 0 Å². The summed E-state index contributed by atoms with van der Waals surface area (Å²) < 4.78 is 1.95. The molecular formula is C28H39N7O5. The first-order valence-electron chi connectivity index (χ1n) is 14.4. The van der Waals surface area contributed by atoms with Crippen molar-refractivity contribution < 1.29 is 24.6 Å². The van der Waals surface area contributed by atoms with Crippen molar-refractivity contribution in [1.82, 2.24) is 30.0 Å². The number of aromatic nitrogens is 4. The fraction of sp³-hybridized carbons (Fsp3) is 0.643. The zero-order valence-electron chi connectivity index (χ0n) is 22.8. The summed E-state index contributed by atoms with van der Waals surface area (Å²) in [6.07, 6.45) is 17.2. The molecule has 12 nitrogen and oxygen atoms in total. The van der Waals surface area contributed by atoms with Crippen LogP contribution in [0.15, 0.2) is 24.7 Å². The highest BCUT2D eigenvalue weighted by Crippen LogP contribution is 2.55. The number of aliphatic carboxylic acids is 2. The number of carbonyl (C=O) groups is 3. The molecule has 0 aromatic carbocycles. The molecule has 3 heterocycles. The zero-order valence-corrected chi connectivity index (χ0v) is 22.8. The highest BCUT2D eigenvalue weighted by molar-refractivity contribution is 5.97. The number of rotatable bonds is 7. The molecule has 0 spiro atoms. The molecule has 5 aliphatic rings. The quantitative estimate of drug-likeness (QED) is 0.376. The molecule has 216 valence electrons. The van der Waals surface area contributed by atoms with Crippen LogP contribution in [-0.4, -0.2) is 78.0 Å². The number of carboxylic acids is 2. The summed E-state index contributed by atoms with van der Waals surface area (Å²) in [5, 5.41) is 27.4. The number of anilines is 1. The predicted octanol–water partition coefficient (Wildman–Crippen LogP) is 3.50. The lowest BCUT2D eigenvalue weighted by atomic mass is 9.53. The third-order valence-corrected chi connectivity index (χ3v) is 8.78. The van der Waals surface area contributed by atoms with Gasteiger partial charge in [0, 0.05) is 24.2 Å². The number of carboxylic acid groups (broad SMARTS) is 2. The Hall–Kier alpha value is -3.54. The van der Waals surface area contributed by atoms with Gasteiger partial charge >= 0.3 is 18.0 Å². The van der Waals surface area contributed by atoms with Crippen molar-refractivity contribution in [1.29, 1.82) is 0 Å². The Morgan fingerprint density at radius 2 is 1.50 bits per heavy atom. The molecule has 1 aliphatic heterocycles. The van der Waals surface area contributed by atoms with E-state index in [0.717, 1.165) is 61.1 Å². The van der Waals surface area contributed by atoms with Crippen LogP contribution in [0, 0.1) is 17.8 Å². The van der Waals surface area contributed by atoms with E-state index >= 15 is 0 Å². The van der Waals surface area contributed by atoms with Gasteiger partial charge in [0.1, 0.15) is 12.1 Å². The lowest BCUT2D eigenvalue weighted by Gasteiger charge is -2.56. The van der Waals surface area contributed by atoms with Crippen molar-refractivity contribution in [2.75, 3.05) is 25.0 Å². The van der Waals surface area contributed by atoms with E-state index in [-0.39, 0.29) is 11.6 Å². The van der Waals surface area contributed by atoms with Crippen LogP contribution in [0.1, 0.15) is 64.2 Å². The predicted molar refractivity (Wildman–Crippen MR) is 148 cm³/mol. The highest BCUT2D eigenvalue weighted by Gasteiger charge is 2.51. The maximum Gasteiger partial charge on any atom is 0.328 e. The second-order valence-corrected chi connectivity index (χ2v) is 11.9. The van der Waals surface area contributed by atoms with E-state index < -0.39 is 11.9 Å². The molecular weight excluding hydrogens is 514 g/mol. The van der Waals surface area contributed by atoms with E-state index in [9.17, 15) is 14.4 Å². The number of nitrogens with one attached hydrogen (secondary N) is 2. The molecule has 4 N–H and O–H groups in total. The third kappa shape index (κ3) is 6.96. The van der Waals surface area contributed by atoms with E-state index in [1.54, 1.807) is 6.20 Å². The van der Waals surface area contributed by atoms with Gasteiger partial charge < -0.3 is 20.4 Å². The molecule has 2 aromatic rings. The molecule has 40 heavy (non-hydrogen) atoms. The van der Waals surface area contributed by atoms with Gasteiger partial charge in [0.25, 0.3) is 0 Å². The first-order chi connectivity index (χ1) is 19.3. The largest absolute Gasteiger partial charge is 0.478 e. The standard InChI is InChI=1S/C24H35N7O.C4H4O4/c32-23(29-24-12-17-9-18(13-24)11-19(10-17)14-24)28-21-20-15-27-31(22(20)26-16-25-21)8-7-30-5-3-1-2-4-6-30;5-3(6)1-2-4(7)8/h15-19H,1-14H2,(H2,25,26,28,29,32);1-2H,(H,5,6)(H,7,8). The van der Waals surface area contributed by atoms with Crippen LogP contribution in [0.4, 0.5) is 10.6 Å². The van der Waals surface area contributed by atoms with Gasteiger partial charge in [-0.05, 0) is 82.2 Å². The van der Waals surface area contributed by atoms with Crippen LogP contribution in [-0.2, 0) is 16.1 Å². The Kier molecular flexibility index (Phi) is 8.63. The van der Waals surface area contributed by atoms with Gasteiger partial charge in [0.05, 0.1) is 18.1 Å². The summed E-state index contributed by atoms with van der Waals surface area (Å²) in [6.45, 7) is 4.13. The van der Waals surface area contributed by atoms with Crippen LogP contribution in [0.2, 0.25) is 0 Å². The van der Waals surface area contributed by atoms with E-state index in [4.69, 9.17) is 10.2 Å². The topological polar surface area (TPSA) is 163 Å². The van der Waals surface area contributed by atoms with Crippen LogP contribution in [0.3, 0.4) is 0 Å². The smallest absolute Gasteiger partial charge is 0.328 e. The Morgan fingerprint density at radius 1 is 0.900 bits per heavy atom. The second-order valence-electron chi connectivity index (χ2n) is 11.9. The molecule has 4 aliphatic carbocycles. The average molecular weight is 554 g/mol. The fourth-order valence-corrected chi connectivity index (χ4v) is 7.54. The SMILES string of the molecule is O=C(Nc1ncnc2c1cnn2CCN1CCCCCC1)NC12CC3CC(CC(C3)C1)C2.O=C(O)C=CC(=O)O. The summed E-state index contributed by atoms with van der Waals surface area (Å²) in [5.41, 5.74) is 0.780. The van der Waals surface area contributed by atoms with E-state index in [2.05, 4.69) is 30.6 Å². The number of urea groups is 1. The average Bonchev–Trinajstić information content (AvgIpc) is 3.12. The summed E-state index contributed by atoms with van der Waals surface area (Å²) >= 11 is 0. The molecule has 4 bridgehead atoms. The number of hydrogen-bond acceptors (Lipinski definition) is 7. The lowest BCUT2D eigenvalue weighted by Crippen LogP contribution is -2.60. The Balaban J connectivity index is 0.000000355. The van der Waals surface area contributed by atoms with Crippen LogP contribution in [0.25, 0.3) is 11.0 Å². The number of nitrogens with zero attached hydrogens (tertiary/aromatic N) is 5. The van der Waals surface area contributed by atoms with Gasteiger partial charge in [-0.25, -0.2) is 29.0 Å². The fourth-order valence-electron chi connectivity index (χ4n) is 7.54. The minimum Gasteiger partial charge on any atom is -0.478 e. The van der Waals surface area contributed by atoms with Crippen molar-refractivity contribution in [2.24, 2.45) is 17.8 Å². The Bertz CT molecular complexity index is 1200. The van der Waals surface area contributed by atoms with Crippen molar-refractivity contribution in [3.05, 3.63) is 24.7 Å². The molecule has 0 unspecified atom stereocenters. The first kappa shape index (κ1) is 28.0. The minimum atomic E-state index is -1.26. The normalized spacial score (nSPS) is 27.6. The Labute approximate surface area is 233 Å². The van der Waals surface area contributed by atoms with Gasteiger partial charge in [-0.3, -0.25) is 5.32 Å². The number of amides is 2. The van der Waals surface area contributed by atoms with Gasteiger partial charge in [-0.1, -0.05) is 12.8 Å². The monoisotopic (exact) mass is 553 g/mol. The van der Waals surface area contributed by atoms with Crippen molar-refractivity contribution >= 4 is 34.8 Å². The van der Waals surface area contributed by atoms with Crippen LogP contribution >= 0.6 is 0 Å². The summed E-state index contributed by atoms with van der Waals surface area (Å²) in [4.78, 5) is 43.5. The third-order valence-electron chi connectivity index (χ3n) is 8.78. The van der Waals surface area contributed by atoms with Gasteiger partial charge in [0.15, 0.2) is 5.65 Å². The summed E-state index contributed by atoms with van der Waals surface area (Å²) in [5.74, 6) is 0.442. The summed E-state index contributed by atoms with van der Waals surface area (Å²) in [6, 6.07) is -0.135. The highest BCUT2D eigenvalue weighted by atomic mass is 16.4. The van der Waals surface area contributed by atoms with Crippen LogP contribution in [0.5, 0.6) is 0 Å². The second kappa shape index (κ2) is 12.3. The van der Waals surface area contributed by atoms with Crippen molar-refractivity contribution in [3.8, 4) is 0 Å². The first-order valence-corrected chi connectivity index (χ1v) is 14.4. The zero-order chi connectivity index (χ0) is 28.1. The minimum absolute atomic E-state index is 0.0116. The molecule has 7 rings (SSSR count). The molecule has 1 saturated heterocycles. The van der Waals surface area contributed by atoms with E-state index in [0.29, 0.717) is 18.0 Å². The molecule has 12 heteroatoms. The summed E-state index contributed by atoms with van der Waals surface area (Å²) in [7, 11) is 0. The van der Waals surface area contributed by atoms with Crippen LogP contribution < -0.4 is 10.6 Å². The number of likely N-dealkylation sites (tertiary alicyclic amines) is 1. The number of hydrogen-bond donors (Lipinski definition) is 4. The maximum atomic E-state index is 13.0. The molecule has 2 aromatic heterocycles. The van der Waals surface area contributed by atoms with Gasteiger partial charge in [-0.2, -0.15) is 5.10 Å². The van der Waals surface area contributed by atoms with Gasteiger partial charge in [0.2, 0.25) is 0 Å². The lowest BCUT2D eigenvalue weighted by molar-refractivity contribution is -0.134. The molecule has 0 radical (unpaired) electrons. The van der Waals surface area contributed by atoms with E-state index in [1.807, 2.05) is 4.68 Å².